The van der Waals surface area contributed by atoms with Crippen LogP contribution < -0.4 is 9.64 Å². The van der Waals surface area contributed by atoms with Crippen molar-refractivity contribution in [2.45, 2.75) is 26.0 Å². The monoisotopic (exact) mass is 367 g/mol. The van der Waals surface area contributed by atoms with Gasteiger partial charge in [-0.1, -0.05) is 38.1 Å². The lowest BCUT2D eigenvalue weighted by Crippen LogP contribution is -2.31. The Kier molecular flexibility index (Phi) is 5.18. The van der Waals surface area contributed by atoms with Crippen LogP contribution in [-0.2, 0) is 9.59 Å². The van der Waals surface area contributed by atoms with Crippen LogP contribution in [0.1, 0.15) is 25.0 Å². The minimum Gasteiger partial charge on any atom is -0.497 e. The van der Waals surface area contributed by atoms with Gasteiger partial charge in [0.2, 0.25) is 0 Å². The molecule has 2 aromatic carbocycles. The first kappa shape index (κ1) is 18.3. The van der Waals surface area contributed by atoms with Gasteiger partial charge in [0.1, 0.15) is 5.75 Å². The fourth-order valence-corrected chi connectivity index (χ4v) is 3.86. The van der Waals surface area contributed by atoms with Crippen LogP contribution in [0.3, 0.4) is 0 Å². The molecule has 1 aliphatic rings. The van der Waals surface area contributed by atoms with Crippen molar-refractivity contribution in [1.82, 2.24) is 0 Å². The average Bonchev–Trinajstić information content (AvgIpc) is 2.85. The highest BCUT2D eigenvalue weighted by Crippen LogP contribution is 2.40. The Morgan fingerprint density at radius 3 is 2.27 bits per heavy atom. The van der Waals surface area contributed by atoms with Gasteiger partial charge in [-0.15, -0.1) is 11.8 Å². The van der Waals surface area contributed by atoms with Crippen molar-refractivity contribution < 1.29 is 14.3 Å². The summed E-state index contributed by atoms with van der Waals surface area (Å²) in [5.74, 6) is 0.166. The molecule has 4 nitrogen and oxygen atoms in total. The van der Waals surface area contributed by atoms with Gasteiger partial charge in [0, 0.05) is 5.25 Å². The molecule has 0 saturated carbocycles. The van der Waals surface area contributed by atoms with Gasteiger partial charge in [0.15, 0.2) is 0 Å². The predicted octanol–water partition coefficient (Wildman–Crippen LogP) is 4.43. The molecule has 2 aromatic rings. The zero-order valence-corrected chi connectivity index (χ0v) is 16.1. The van der Waals surface area contributed by atoms with Gasteiger partial charge in [-0.2, -0.15) is 0 Å². The van der Waals surface area contributed by atoms with E-state index in [0.717, 1.165) is 11.1 Å². The Hall–Kier alpha value is -2.53. The first-order valence-corrected chi connectivity index (χ1v) is 9.31. The number of thioether (sulfide) groups is 1. The molecule has 0 bridgehead atoms. The number of aryl methyl sites for hydroxylation is 1. The summed E-state index contributed by atoms with van der Waals surface area (Å²) in [5.41, 5.74) is 2.78. The molecule has 0 atom stereocenters. The molecule has 0 fully saturated rings. The van der Waals surface area contributed by atoms with Crippen LogP contribution >= 0.6 is 11.8 Å². The van der Waals surface area contributed by atoms with E-state index >= 15 is 0 Å². The SMILES string of the molecule is COc1ccc(C2=C(SC(C)C)C(=O)N(c3cccc(C)c3)C2=O)cc1. The molecule has 1 heterocycles. The predicted molar refractivity (Wildman–Crippen MR) is 106 cm³/mol. The second-order valence-corrected chi connectivity index (χ2v) is 7.97. The van der Waals surface area contributed by atoms with E-state index in [2.05, 4.69) is 0 Å². The van der Waals surface area contributed by atoms with Gasteiger partial charge in [-0.05, 0) is 42.3 Å². The molecule has 134 valence electrons. The maximum absolute atomic E-state index is 13.2. The summed E-state index contributed by atoms with van der Waals surface area (Å²) in [5, 5.41) is 0.187. The number of imide groups is 1. The molecule has 0 saturated heterocycles. The van der Waals surface area contributed by atoms with Crippen molar-refractivity contribution in [1.29, 1.82) is 0 Å². The van der Waals surface area contributed by atoms with E-state index in [-0.39, 0.29) is 17.1 Å². The normalized spacial score (nSPS) is 14.6. The fraction of sp³-hybridized carbons (Fsp3) is 0.238. The number of carbonyl (C=O) groups excluding carboxylic acids is 2. The minimum atomic E-state index is -0.283. The smallest absolute Gasteiger partial charge is 0.272 e. The minimum absolute atomic E-state index is 0.187. The molecule has 2 amide bonds. The Morgan fingerprint density at radius 2 is 1.69 bits per heavy atom. The van der Waals surface area contributed by atoms with Crippen LogP contribution in [0.4, 0.5) is 5.69 Å². The van der Waals surface area contributed by atoms with E-state index in [9.17, 15) is 9.59 Å². The van der Waals surface area contributed by atoms with E-state index < -0.39 is 0 Å². The highest BCUT2D eigenvalue weighted by Gasteiger charge is 2.40. The molecule has 0 unspecified atom stereocenters. The molecule has 26 heavy (non-hydrogen) atoms. The van der Waals surface area contributed by atoms with Crippen molar-refractivity contribution in [3.05, 3.63) is 64.6 Å². The standard InChI is InChI=1S/C21H21NO3S/c1-13(2)26-19-18(15-8-10-17(25-4)11-9-15)20(23)22(21(19)24)16-7-5-6-14(3)12-16/h5-13H,1-4H3. The van der Waals surface area contributed by atoms with Crippen molar-refractivity contribution >= 4 is 34.8 Å². The van der Waals surface area contributed by atoms with Crippen LogP contribution in [0.15, 0.2) is 53.4 Å². The first-order valence-electron chi connectivity index (χ1n) is 8.43. The third-order valence-corrected chi connectivity index (χ3v) is 5.12. The Balaban J connectivity index is 2.09. The lowest BCUT2D eigenvalue weighted by Gasteiger charge is -2.16. The summed E-state index contributed by atoms with van der Waals surface area (Å²) in [6.45, 7) is 5.96. The lowest BCUT2D eigenvalue weighted by molar-refractivity contribution is -0.119. The molecular weight excluding hydrogens is 346 g/mol. The third kappa shape index (κ3) is 3.40. The summed E-state index contributed by atoms with van der Waals surface area (Å²) >= 11 is 1.43. The third-order valence-electron chi connectivity index (χ3n) is 4.03. The summed E-state index contributed by atoms with van der Waals surface area (Å²) in [6.07, 6.45) is 0. The molecule has 3 rings (SSSR count). The zero-order valence-electron chi connectivity index (χ0n) is 15.3. The van der Waals surface area contributed by atoms with Gasteiger partial charge < -0.3 is 4.74 Å². The molecule has 0 N–H and O–H groups in total. The Bertz CT molecular complexity index is 884. The lowest BCUT2D eigenvalue weighted by atomic mass is 10.1. The number of hydrogen-bond acceptors (Lipinski definition) is 4. The number of carbonyl (C=O) groups is 2. The Labute approximate surface area is 157 Å². The summed E-state index contributed by atoms with van der Waals surface area (Å²) < 4.78 is 5.19. The maximum Gasteiger partial charge on any atom is 0.272 e. The van der Waals surface area contributed by atoms with Crippen molar-refractivity contribution in [3.8, 4) is 5.75 Å². The summed E-state index contributed by atoms with van der Waals surface area (Å²) in [4.78, 5) is 28.0. The number of ether oxygens (including phenoxy) is 1. The van der Waals surface area contributed by atoms with Crippen molar-refractivity contribution in [2.24, 2.45) is 0 Å². The molecular formula is C21H21NO3S. The summed E-state index contributed by atoms with van der Waals surface area (Å²) in [6, 6.07) is 14.7. The van der Waals surface area contributed by atoms with Gasteiger partial charge in [-0.25, -0.2) is 4.90 Å². The highest BCUT2D eigenvalue weighted by atomic mass is 32.2. The van der Waals surface area contributed by atoms with E-state index in [1.807, 2.05) is 51.1 Å². The van der Waals surface area contributed by atoms with Crippen LogP contribution in [-0.4, -0.2) is 24.2 Å². The van der Waals surface area contributed by atoms with Gasteiger partial charge in [0.25, 0.3) is 11.8 Å². The van der Waals surface area contributed by atoms with Crippen LogP contribution in [0.2, 0.25) is 0 Å². The topological polar surface area (TPSA) is 46.6 Å². The largest absolute Gasteiger partial charge is 0.497 e. The number of amides is 2. The van der Waals surface area contributed by atoms with Gasteiger partial charge in [-0.3, -0.25) is 9.59 Å². The fourth-order valence-electron chi connectivity index (χ4n) is 2.87. The first-order chi connectivity index (χ1) is 12.4. The average molecular weight is 367 g/mol. The number of rotatable bonds is 5. The van der Waals surface area contributed by atoms with Gasteiger partial charge >= 0.3 is 0 Å². The molecule has 1 aliphatic heterocycles. The van der Waals surface area contributed by atoms with E-state index in [4.69, 9.17) is 4.74 Å². The number of methoxy groups -OCH3 is 1. The second-order valence-electron chi connectivity index (χ2n) is 6.38. The zero-order chi connectivity index (χ0) is 18.8. The second kappa shape index (κ2) is 7.38. The molecule has 5 heteroatoms. The van der Waals surface area contributed by atoms with E-state index in [1.165, 1.54) is 16.7 Å². The molecule has 0 spiro atoms. The van der Waals surface area contributed by atoms with Crippen LogP contribution in [0, 0.1) is 6.92 Å². The van der Waals surface area contributed by atoms with Gasteiger partial charge in [0.05, 0.1) is 23.3 Å². The number of hydrogen-bond donors (Lipinski definition) is 0. The molecule has 0 aromatic heterocycles. The number of nitrogens with zero attached hydrogens (tertiary/aromatic N) is 1. The van der Waals surface area contributed by atoms with Crippen molar-refractivity contribution in [2.75, 3.05) is 12.0 Å². The quantitative estimate of drug-likeness (QED) is 0.734. The molecule has 0 aliphatic carbocycles. The maximum atomic E-state index is 13.2. The summed E-state index contributed by atoms with van der Waals surface area (Å²) in [7, 11) is 1.60. The van der Waals surface area contributed by atoms with Crippen LogP contribution in [0.25, 0.3) is 5.57 Å². The molecule has 0 radical (unpaired) electrons. The number of benzene rings is 2. The Morgan fingerprint density at radius 1 is 1.00 bits per heavy atom. The van der Waals surface area contributed by atoms with Crippen molar-refractivity contribution in [3.63, 3.8) is 0 Å². The van der Waals surface area contributed by atoms with E-state index in [0.29, 0.717) is 21.9 Å². The van der Waals surface area contributed by atoms with E-state index in [1.54, 1.807) is 25.3 Å². The highest BCUT2D eigenvalue weighted by molar-refractivity contribution is 8.04. The van der Waals surface area contributed by atoms with Crippen LogP contribution in [0.5, 0.6) is 5.75 Å². The number of anilines is 1.